The van der Waals surface area contributed by atoms with E-state index >= 15 is 0 Å². The molecule has 0 radical (unpaired) electrons. The zero-order valence-electron chi connectivity index (χ0n) is 10.2. The van der Waals surface area contributed by atoms with Gasteiger partial charge in [0.25, 0.3) is 0 Å². The van der Waals surface area contributed by atoms with E-state index in [0.717, 1.165) is 0 Å². The number of nitrogens with zero attached hydrogens (tertiary/aromatic N) is 4. The predicted octanol–water partition coefficient (Wildman–Crippen LogP) is 0.721. The molecule has 1 aliphatic rings. The minimum Gasteiger partial charge on any atom is -0.309 e. The Morgan fingerprint density at radius 1 is 1.56 bits per heavy atom. The van der Waals surface area contributed by atoms with E-state index in [0.29, 0.717) is 17.4 Å². The number of sulfone groups is 1. The van der Waals surface area contributed by atoms with Gasteiger partial charge in [0.1, 0.15) is 5.82 Å². The predicted molar refractivity (Wildman–Crippen MR) is 67.9 cm³/mol. The first-order chi connectivity index (χ1) is 8.43. The molecule has 1 aromatic rings. The van der Waals surface area contributed by atoms with Gasteiger partial charge in [0.15, 0.2) is 15.0 Å². The average molecular weight is 286 g/mol. The van der Waals surface area contributed by atoms with Crippen molar-refractivity contribution < 1.29 is 8.42 Å². The fourth-order valence-electron chi connectivity index (χ4n) is 1.97. The second kappa shape index (κ2) is 4.90. The molecule has 1 aromatic heterocycles. The topological polar surface area (TPSA) is 88.6 Å². The normalized spacial score (nSPS) is 23.7. The minimum absolute atomic E-state index is 0.0701. The van der Waals surface area contributed by atoms with Gasteiger partial charge < -0.3 is 4.57 Å². The van der Waals surface area contributed by atoms with Gasteiger partial charge in [-0.1, -0.05) is 11.8 Å². The van der Waals surface area contributed by atoms with Crippen LogP contribution in [0.15, 0.2) is 5.16 Å². The van der Waals surface area contributed by atoms with Gasteiger partial charge >= 0.3 is 0 Å². The Morgan fingerprint density at radius 2 is 2.28 bits per heavy atom. The van der Waals surface area contributed by atoms with Crippen LogP contribution in [-0.2, 0) is 16.9 Å². The van der Waals surface area contributed by atoms with Crippen molar-refractivity contribution in [2.24, 2.45) is 7.05 Å². The molecule has 0 saturated carbocycles. The summed E-state index contributed by atoms with van der Waals surface area (Å²) in [4.78, 5) is 0. The maximum Gasteiger partial charge on any atom is 0.192 e. The van der Waals surface area contributed by atoms with E-state index in [-0.39, 0.29) is 22.7 Å². The van der Waals surface area contributed by atoms with E-state index in [1.54, 1.807) is 11.5 Å². The molecule has 1 saturated heterocycles. The van der Waals surface area contributed by atoms with Crippen molar-refractivity contribution in [3.05, 3.63) is 5.82 Å². The van der Waals surface area contributed by atoms with E-state index in [1.807, 2.05) is 7.05 Å². The molecule has 2 rings (SSSR count). The highest BCUT2D eigenvalue weighted by Gasteiger charge is 2.32. The van der Waals surface area contributed by atoms with Crippen molar-refractivity contribution in [2.45, 2.75) is 29.7 Å². The highest BCUT2D eigenvalue weighted by Crippen LogP contribution is 2.30. The van der Waals surface area contributed by atoms with Gasteiger partial charge in [0, 0.05) is 13.0 Å². The fraction of sp³-hybridized carbons (Fsp3) is 0.700. The summed E-state index contributed by atoms with van der Waals surface area (Å²) >= 11 is 1.33. The number of thioether (sulfide) groups is 1. The number of nitriles is 1. The lowest BCUT2D eigenvalue weighted by Gasteiger charge is -2.08. The van der Waals surface area contributed by atoms with Gasteiger partial charge in [-0.05, 0) is 13.3 Å². The van der Waals surface area contributed by atoms with Crippen LogP contribution < -0.4 is 0 Å². The molecule has 0 aromatic carbocycles. The van der Waals surface area contributed by atoms with Gasteiger partial charge in [-0.25, -0.2) is 8.42 Å². The van der Waals surface area contributed by atoms with Crippen LogP contribution in [0.3, 0.4) is 0 Å². The number of hydrogen-bond acceptors (Lipinski definition) is 6. The molecule has 98 valence electrons. The third-order valence-electron chi connectivity index (χ3n) is 2.93. The lowest BCUT2D eigenvalue weighted by atomic mass is 10.1. The molecule has 0 bridgehead atoms. The summed E-state index contributed by atoms with van der Waals surface area (Å²) < 4.78 is 24.7. The first kappa shape index (κ1) is 13.4. The molecule has 6 nitrogen and oxygen atoms in total. The zero-order valence-corrected chi connectivity index (χ0v) is 11.8. The number of hydrogen-bond donors (Lipinski definition) is 0. The molecule has 0 aliphatic carbocycles. The van der Waals surface area contributed by atoms with Crippen LogP contribution in [0.25, 0.3) is 0 Å². The summed E-state index contributed by atoms with van der Waals surface area (Å²) in [6.07, 6.45) is 0.604. The maximum absolute atomic E-state index is 11.5. The lowest BCUT2D eigenvalue weighted by Crippen LogP contribution is -2.09. The van der Waals surface area contributed by atoms with Gasteiger partial charge in [0.2, 0.25) is 0 Å². The smallest absolute Gasteiger partial charge is 0.192 e. The van der Waals surface area contributed by atoms with Crippen molar-refractivity contribution in [2.75, 3.05) is 11.5 Å². The van der Waals surface area contributed by atoms with Crippen molar-refractivity contribution in [3.63, 3.8) is 0 Å². The summed E-state index contributed by atoms with van der Waals surface area (Å²) in [6.45, 7) is 1.79. The largest absolute Gasteiger partial charge is 0.309 e. The summed E-state index contributed by atoms with van der Waals surface area (Å²) in [7, 11) is -1.11. The molecule has 1 fully saturated rings. The SMILES string of the molecule is C[C@@H](C#N)Sc1nnc([C@@H]2CCS(=O)(=O)C2)n1C. The fourth-order valence-corrected chi connectivity index (χ4v) is 4.42. The Hall–Kier alpha value is -1.07. The summed E-state index contributed by atoms with van der Waals surface area (Å²) in [5, 5.41) is 17.3. The van der Waals surface area contributed by atoms with E-state index in [9.17, 15) is 8.42 Å². The molecule has 8 heteroatoms. The van der Waals surface area contributed by atoms with Crippen LogP contribution in [0.1, 0.15) is 25.1 Å². The standard InChI is InChI=1S/C10H14N4O2S2/c1-7(5-11)17-10-13-12-9(14(10)2)8-3-4-18(15,16)6-8/h7-8H,3-4,6H2,1-2H3/t7-,8+/m0/s1. The summed E-state index contributed by atoms with van der Waals surface area (Å²) in [5.41, 5.74) is 0. The third kappa shape index (κ3) is 2.67. The quantitative estimate of drug-likeness (QED) is 0.761. The molecule has 2 atom stereocenters. The van der Waals surface area contributed by atoms with Crippen molar-refractivity contribution in [1.29, 1.82) is 5.26 Å². The molecule has 1 aliphatic heterocycles. The molecule has 0 amide bonds. The van der Waals surface area contributed by atoms with Crippen LogP contribution in [0, 0.1) is 11.3 Å². The van der Waals surface area contributed by atoms with E-state index in [1.165, 1.54) is 11.8 Å². The van der Waals surface area contributed by atoms with Crippen LogP contribution in [0.4, 0.5) is 0 Å². The van der Waals surface area contributed by atoms with Crippen LogP contribution in [0.5, 0.6) is 0 Å². The monoisotopic (exact) mass is 286 g/mol. The lowest BCUT2D eigenvalue weighted by molar-refractivity contribution is 0.599. The van der Waals surface area contributed by atoms with Gasteiger partial charge in [0.05, 0.1) is 22.8 Å². The van der Waals surface area contributed by atoms with E-state index in [4.69, 9.17) is 5.26 Å². The Kier molecular flexibility index (Phi) is 3.64. The van der Waals surface area contributed by atoms with Crippen molar-refractivity contribution in [3.8, 4) is 6.07 Å². The van der Waals surface area contributed by atoms with Gasteiger partial charge in [-0.3, -0.25) is 0 Å². The second-order valence-electron chi connectivity index (χ2n) is 4.39. The minimum atomic E-state index is -2.92. The first-order valence-corrected chi connectivity index (χ1v) is 8.29. The number of rotatable bonds is 3. The van der Waals surface area contributed by atoms with Crippen molar-refractivity contribution in [1.82, 2.24) is 14.8 Å². The Balaban J connectivity index is 2.19. The summed E-state index contributed by atoms with van der Waals surface area (Å²) in [5.74, 6) is 1.00. The van der Waals surface area contributed by atoms with Crippen molar-refractivity contribution >= 4 is 21.6 Å². The maximum atomic E-state index is 11.5. The molecule has 18 heavy (non-hydrogen) atoms. The first-order valence-electron chi connectivity index (χ1n) is 5.59. The number of aromatic nitrogens is 3. The zero-order chi connectivity index (χ0) is 13.3. The highest BCUT2D eigenvalue weighted by molar-refractivity contribution is 8.00. The van der Waals surface area contributed by atoms with Crippen LogP contribution >= 0.6 is 11.8 Å². The Labute approximate surface area is 110 Å². The molecular weight excluding hydrogens is 272 g/mol. The van der Waals surface area contributed by atoms with Crippen LogP contribution in [-0.4, -0.2) is 39.9 Å². The molecule has 0 unspecified atom stereocenters. The van der Waals surface area contributed by atoms with Gasteiger partial charge in [-0.2, -0.15) is 5.26 Å². The van der Waals surface area contributed by atoms with E-state index < -0.39 is 9.84 Å². The molecule has 2 heterocycles. The second-order valence-corrected chi connectivity index (χ2v) is 7.93. The molecular formula is C10H14N4O2S2. The van der Waals surface area contributed by atoms with Gasteiger partial charge in [-0.15, -0.1) is 10.2 Å². The highest BCUT2D eigenvalue weighted by atomic mass is 32.2. The molecule has 0 N–H and O–H groups in total. The van der Waals surface area contributed by atoms with Crippen LogP contribution in [0.2, 0.25) is 0 Å². The Morgan fingerprint density at radius 3 is 2.83 bits per heavy atom. The third-order valence-corrected chi connectivity index (χ3v) is 5.72. The van der Waals surface area contributed by atoms with E-state index in [2.05, 4.69) is 16.3 Å². The summed E-state index contributed by atoms with van der Waals surface area (Å²) in [6, 6.07) is 2.12. The Bertz CT molecular complexity index is 588. The average Bonchev–Trinajstić information content (AvgIpc) is 2.83. The molecule has 0 spiro atoms.